The fourth-order valence-corrected chi connectivity index (χ4v) is 2.37. The molecule has 0 spiro atoms. The van der Waals surface area contributed by atoms with E-state index in [9.17, 15) is 9.59 Å². The molecule has 4 heteroatoms. The van der Waals surface area contributed by atoms with Gasteiger partial charge in [-0.05, 0) is 31.7 Å². The van der Waals surface area contributed by atoms with E-state index in [-0.39, 0.29) is 30.4 Å². The first-order chi connectivity index (χ1) is 10.2. The minimum absolute atomic E-state index is 0.102. The largest absolute Gasteiger partial charge is 0.455 e. The van der Waals surface area contributed by atoms with Crippen molar-refractivity contribution in [2.75, 3.05) is 6.61 Å². The van der Waals surface area contributed by atoms with E-state index in [1.54, 1.807) is 0 Å². The van der Waals surface area contributed by atoms with Crippen LogP contribution in [0.3, 0.4) is 0 Å². The fourth-order valence-electron chi connectivity index (χ4n) is 2.37. The molecule has 0 heterocycles. The van der Waals surface area contributed by atoms with Gasteiger partial charge in [-0.3, -0.25) is 9.59 Å². The molecule has 1 aliphatic rings. The van der Waals surface area contributed by atoms with E-state index in [1.165, 1.54) is 0 Å². The summed E-state index contributed by atoms with van der Waals surface area (Å²) in [4.78, 5) is 23.6. The van der Waals surface area contributed by atoms with Crippen molar-refractivity contribution in [2.45, 2.75) is 32.2 Å². The molecule has 0 fully saturated rings. The Balaban J connectivity index is 1.74. The molecular weight excluding hydrogens is 266 g/mol. The minimum atomic E-state index is -0.276. The van der Waals surface area contributed by atoms with Crippen LogP contribution in [-0.4, -0.2) is 18.5 Å². The van der Waals surface area contributed by atoms with Crippen LogP contribution in [0.2, 0.25) is 0 Å². The molecule has 0 unspecified atom stereocenters. The van der Waals surface area contributed by atoms with Crippen LogP contribution in [0.1, 0.15) is 37.8 Å². The molecule has 1 aromatic rings. The number of rotatable bonds is 5. The molecule has 1 N–H and O–H groups in total. The zero-order valence-corrected chi connectivity index (χ0v) is 12.2. The second-order valence-electron chi connectivity index (χ2n) is 5.29. The summed E-state index contributed by atoms with van der Waals surface area (Å²) in [6, 6.07) is 9.58. The van der Waals surface area contributed by atoms with Gasteiger partial charge in [0.15, 0.2) is 6.61 Å². The number of carbonyl (C=O) groups is 2. The van der Waals surface area contributed by atoms with E-state index in [0.29, 0.717) is 6.42 Å². The Kier molecular flexibility index (Phi) is 5.55. The maximum Gasteiger partial charge on any atom is 0.309 e. The van der Waals surface area contributed by atoms with Gasteiger partial charge in [0.05, 0.1) is 12.0 Å². The van der Waals surface area contributed by atoms with Gasteiger partial charge < -0.3 is 10.1 Å². The minimum Gasteiger partial charge on any atom is -0.455 e. The van der Waals surface area contributed by atoms with Crippen molar-refractivity contribution < 1.29 is 14.3 Å². The van der Waals surface area contributed by atoms with Crippen LogP contribution in [0.25, 0.3) is 0 Å². The third-order valence-electron chi connectivity index (χ3n) is 3.62. The summed E-state index contributed by atoms with van der Waals surface area (Å²) < 4.78 is 5.10. The zero-order valence-electron chi connectivity index (χ0n) is 12.2. The van der Waals surface area contributed by atoms with Crippen LogP contribution in [0.15, 0.2) is 42.5 Å². The molecule has 1 amide bonds. The summed E-state index contributed by atoms with van der Waals surface area (Å²) in [7, 11) is 0. The van der Waals surface area contributed by atoms with E-state index in [1.807, 2.05) is 43.3 Å². The van der Waals surface area contributed by atoms with Gasteiger partial charge in [-0.25, -0.2) is 0 Å². The summed E-state index contributed by atoms with van der Waals surface area (Å²) in [5.41, 5.74) is 1.02. The Hall–Kier alpha value is -2.10. The van der Waals surface area contributed by atoms with Crippen molar-refractivity contribution in [3.63, 3.8) is 0 Å². The predicted molar refractivity (Wildman–Crippen MR) is 80.4 cm³/mol. The summed E-state index contributed by atoms with van der Waals surface area (Å²) >= 11 is 0. The van der Waals surface area contributed by atoms with Gasteiger partial charge in [0.1, 0.15) is 0 Å². The van der Waals surface area contributed by atoms with Crippen LogP contribution in [0.4, 0.5) is 0 Å². The molecule has 21 heavy (non-hydrogen) atoms. The molecule has 1 aromatic carbocycles. The van der Waals surface area contributed by atoms with E-state index >= 15 is 0 Å². The van der Waals surface area contributed by atoms with Crippen molar-refractivity contribution in [3.05, 3.63) is 48.0 Å². The summed E-state index contributed by atoms with van der Waals surface area (Å²) in [6.45, 7) is 1.69. The van der Waals surface area contributed by atoms with Gasteiger partial charge in [-0.15, -0.1) is 0 Å². The quantitative estimate of drug-likeness (QED) is 0.669. The summed E-state index contributed by atoms with van der Waals surface area (Å²) in [5, 5.41) is 2.82. The summed E-state index contributed by atoms with van der Waals surface area (Å²) in [5.74, 6) is -0.651. The van der Waals surface area contributed by atoms with E-state index < -0.39 is 0 Å². The third kappa shape index (κ3) is 4.74. The van der Waals surface area contributed by atoms with Crippen molar-refractivity contribution in [1.82, 2.24) is 5.32 Å². The molecular formula is C17H21NO3. The SMILES string of the molecule is C[C@@H](NC(=O)COC(=O)[C@H]1CC=CCC1)c1ccccc1. The number of carbonyl (C=O) groups excluding carboxylic acids is 2. The second-order valence-corrected chi connectivity index (χ2v) is 5.29. The highest BCUT2D eigenvalue weighted by Crippen LogP contribution is 2.19. The van der Waals surface area contributed by atoms with Crippen LogP contribution >= 0.6 is 0 Å². The fraction of sp³-hybridized carbons (Fsp3) is 0.412. The van der Waals surface area contributed by atoms with E-state index in [4.69, 9.17) is 4.74 Å². The van der Waals surface area contributed by atoms with Crippen molar-refractivity contribution in [3.8, 4) is 0 Å². The number of ether oxygens (including phenoxy) is 1. The lowest BCUT2D eigenvalue weighted by atomic mass is 9.95. The molecule has 0 saturated carbocycles. The van der Waals surface area contributed by atoms with Gasteiger partial charge in [0.25, 0.3) is 5.91 Å². The van der Waals surface area contributed by atoms with Crippen LogP contribution in [-0.2, 0) is 14.3 Å². The first-order valence-corrected chi connectivity index (χ1v) is 7.32. The molecule has 112 valence electrons. The van der Waals surface area contributed by atoms with Crippen molar-refractivity contribution >= 4 is 11.9 Å². The zero-order chi connectivity index (χ0) is 15.1. The second kappa shape index (κ2) is 7.62. The molecule has 4 nitrogen and oxygen atoms in total. The van der Waals surface area contributed by atoms with E-state index in [2.05, 4.69) is 11.4 Å². The maximum absolute atomic E-state index is 11.8. The number of amides is 1. The highest BCUT2D eigenvalue weighted by Gasteiger charge is 2.21. The van der Waals surface area contributed by atoms with Gasteiger partial charge >= 0.3 is 5.97 Å². The van der Waals surface area contributed by atoms with Crippen LogP contribution in [0.5, 0.6) is 0 Å². The van der Waals surface area contributed by atoms with Gasteiger partial charge in [0, 0.05) is 0 Å². The monoisotopic (exact) mass is 287 g/mol. The van der Waals surface area contributed by atoms with E-state index in [0.717, 1.165) is 18.4 Å². The average Bonchev–Trinajstić information content (AvgIpc) is 2.54. The van der Waals surface area contributed by atoms with Crippen molar-refractivity contribution in [1.29, 1.82) is 0 Å². The molecule has 0 aromatic heterocycles. The predicted octanol–water partition coefficient (Wildman–Crippen LogP) is 2.76. The highest BCUT2D eigenvalue weighted by atomic mass is 16.5. The molecule has 0 radical (unpaired) electrons. The Morgan fingerprint density at radius 2 is 2.05 bits per heavy atom. The number of allylic oxidation sites excluding steroid dienone is 2. The van der Waals surface area contributed by atoms with Crippen LogP contribution in [0, 0.1) is 5.92 Å². The molecule has 1 aliphatic carbocycles. The Labute approximate surface area is 125 Å². The van der Waals surface area contributed by atoms with Gasteiger partial charge in [-0.2, -0.15) is 0 Å². The lowest BCUT2D eigenvalue weighted by molar-refractivity contribution is -0.153. The summed E-state index contributed by atoms with van der Waals surface area (Å²) in [6.07, 6.45) is 6.47. The molecule has 0 saturated heterocycles. The smallest absolute Gasteiger partial charge is 0.309 e. The maximum atomic E-state index is 11.8. The first kappa shape index (κ1) is 15.3. The van der Waals surface area contributed by atoms with Gasteiger partial charge in [0.2, 0.25) is 0 Å². The molecule has 0 bridgehead atoms. The number of nitrogens with one attached hydrogen (secondary N) is 1. The van der Waals surface area contributed by atoms with Crippen LogP contribution < -0.4 is 5.32 Å². The van der Waals surface area contributed by atoms with Crippen molar-refractivity contribution in [2.24, 2.45) is 5.92 Å². The normalized spacial score (nSPS) is 18.8. The average molecular weight is 287 g/mol. The number of hydrogen-bond donors (Lipinski definition) is 1. The Morgan fingerprint density at radius 1 is 1.29 bits per heavy atom. The number of hydrogen-bond acceptors (Lipinski definition) is 3. The molecule has 2 rings (SSSR count). The lowest BCUT2D eigenvalue weighted by Gasteiger charge is -2.17. The van der Waals surface area contributed by atoms with Gasteiger partial charge in [-0.1, -0.05) is 42.5 Å². The standard InChI is InChI=1S/C17H21NO3/c1-13(14-8-4-2-5-9-14)18-16(19)12-21-17(20)15-10-6-3-7-11-15/h2-6,8-9,13,15H,7,10-12H2,1H3,(H,18,19)/t13-,15+/m1/s1. The Morgan fingerprint density at radius 3 is 2.71 bits per heavy atom. The topological polar surface area (TPSA) is 55.4 Å². The first-order valence-electron chi connectivity index (χ1n) is 7.32. The lowest BCUT2D eigenvalue weighted by Crippen LogP contribution is -2.32. The Bertz CT molecular complexity index is 510. The molecule has 0 aliphatic heterocycles. The third-order valence-corrected chi connectivity index (χ3v) is 3.62. The number of esters is 1. The molecule has 2 atom stereocenters. The number of benzene rings is 1. The highest BCUT2D eigenvalue weighted by molar-refractivity contribution is 5.81.